The van der Waals surface area contributed by atoms with Gasteiger partial charge in [-0.2, -0.15) is 0 Å². The number of aromatic nitrogens is 1. The van der Waals surface area contributed by atoms with E-state index in [1.165, 1.54) is 23.3 Å². The molecule has 0 bridgehead atoms. The summed E-state index contributed by atoms with van der Waals surface area (Å²) in [5.74, 6) is -0.858. The Morgan fingerprint density at radius 3 is 2.43 bits per heavy atom. The quantitative estimate of drug-likeness (QED) is 0.678. The Morgan fingerprint density at radius 2 is 1.78 bits per heavy atom. The molecule has 3 aromatic rings. The first-order valence-corrected chi connectivity index (χ1v) is 8.92. The molecule has 0 amide bonds. The molecule has 120 valence electrons. The summed E-state index contributed by atoms with van der Waals surface area (Å²) in [7, 11) is 0. The number of carbonyl (C=O) groups is 1. The molecule has 23 heavy (non-hydrogen) atoms. The van der Waals surface area contributed by atoms with E-state index in [0.29, 0.717) is 5.56 Å². The molecule has 0 aliphatic carbocycles. The van der Waals surface area contributed by atoms with Crippen LogP contribution < -0.4 is 5.56 Å². The SMILES string of the molecule is CSc1ccc(C)cc1C(=O)O.Cc1ccc2s[nH]c(=O)c2c1. The van der Waals surface area contributed by atoms with E-state index in [4.69, 9.17) is 5.11 Å². The van der Waals surface area contributed by atoms with Crippen molar-refractivity contribution < 1.29 is 9.90 Å². The van der Waals surface area contributed by atoms with E-state index in [0.717, 1.165) is 26.1 Å². The van der Waals surface area contributed by atoms with Crippen molar-refractivity contribution in [2.45, 2.75) is 18.7 Å². The Morgan fingerprint density at radius 1 is 1.13 bits per heavy atom. The number of fused-ring (bicyclic) bond motifs is 1. The highest BCUT2D eigenvalue weighted by molar-refractivity contribution is 7.98. The second-order valence-electron chi connectivity index (χ2n) is 5.04. The molecule has 1 heterocycles. The van der Waals surface area contributed by atoms with Crippen molar-refractivity contribution in [3.8, 4) is 0 Å². The van der Waals surface area contributed by atoms with Crippen LogP contribution in [0.1, 0.15) is 21.5 Å². The summed E-state index contributed by atoms with van der Waals surface area (Å²) in [6.07, 6.45) is 1.87. The summed E-state index contributed by atoms with van der Waals surface area (Å²) in [6, 6.07) is 11.3. The molecule has 0 unspecified atom stereocenters. The lowest BCUT2D eigenvalue weighted by Gasteiger charge is -2.02. The van der Waals surface area contributed by atoms with Crippen LogP contribution in [-0.4, -0.2) is 21.7 Å². The average molecular weight is 347 g/mol. The van der Waals surface area contributed by atoms with Crippen molar-refractivity contribution in [2.75, 3.05) is 6.26 Å². The van der Waals surface area contributed by atoms with Gasteiger partial charge in [-0.25, -0.2) is 4.79 Å². The van der Waals surface area contributed by atoms with E-state index in [1.54, 1.807) is 6.07 Å². The Kier molecular flexibility index (Phi) is 5.63. The van der Waals surface area contributed by atoms with Crippen LogP contribution >= 0.6 is 23.3 Å². The van der Waals surface area contributed by atoms with Crippen molar-refractivity contribution >= 4 is 39.3 Å². The molecule has 2 aromatic carbocycles. The third-order valence-corrected chi connectivity index (χ3v) is 4.88. The average Bonchev–Trinajstić information content (AvgIpc) is 2.89. The van der Waals surface area contributed by atoms with Gasteiger partial charge in [-0.3, -0.25) is 9.17 Å². The molecule has 4 nitrogen and oxygen atoms in total. The number of hydrogen-bond donors (Lipinski definition) is 2. The van der Waals surface area contributed by atoms with Crippen molar-refractivity contribution in [1.29, 1.82) is 0 Å². The largest absolute Gasteiger partial charge is 0.478 e. The van der Waals surface area contributed by atoms with E-state index in [2.05, 4.69) is 4.37 Å². The van der Waals surface area contributed by atoms with Crippen molar-refractivity contribution in [1.82, 2.24) is 4.37 Å². The Labute approximate surface area is 142 Å². The Balaban J connectivity index is 0.000000167. The van der Waals surface area contributed by atoms with Gasteiger partial charge in [-0.05, 0) is 44.4 Å². The predicted molar refractivity (Wildman–Crippen MR) is 97.1 cm³/mol. The van der Waals surface area contributed by atoms with Crippen LogP contribution in [0, 0.1) is 13.8 Å². The number of carboxylic acid groups (broad SMARTS) is 1. The van der Waals surface area contributed by atoms with Crippen LogP contribution in [0.5, 0.6) is 0 Å². The number of aromatic carboxylic acids is 1. The van der Waals surface area contributed by atoms with Crippen molar-refractivity contribution in [2.24, 2.45) is 0 Å². The first-order valence-electron chi connectivity index (χ1n) is 6.88. The van der Waals surface area contributed by atoms with Gasteiger partial charge in [0, 0.05) is 4.90 Å². The molecular formula is C17H17NO3S2. The number of benzene rings is 2. The Hall–Kier alpha value is -2.05. The number of aryl methyl sites for hydroxylation is 2. The van der Waals surface area contributed by atoms with Gasteiger partial charge in [-0.15, -0.1) is 11.8 Å². The van der Waals surface area contributed by atoms with Gasteiger partial charge in [0.05, 0.1) is 15.6 Å². The van der Waals surface area contributed by atoms with Crippen LogP contribution in [0.4, 0.5) is 0 Å². The number of H-pyrrole nitrogens is 1. The van der Waals surface area contributed by atoms with Gasteiger partial charge in [0.25, 0.3) is 5.56 Å². The van der Waals surface area contributed by atoms with Crippen LogP contribution in [0.15, 0.2) is 46.1 Å². The van der Waals surface area contributed by atoms with Crippen LogP contribution in [0.25, 0.3) is 10.1 Å². The molecule has 0 atom stereocenters. The third-order valence-electron chi connectivity index (χ3n) is 3.22. The van der Waals surface area contributed by atoms with Crippen molar-refractivity contribution in [3.63, 3.8) is 0 Å². The summed E-state index contributed by atoms with van der Waals surface area (Å²) in [4.78, 5) is 22.6. The minimum atomic E-state index is -0.858. The summed E-state index contributed by atoms with van der Waals surface area (Å²) in [5.41, 5.74) is 2.52. The number of carboxylic acids is 1. The van der Waals surface area contributed by atoms with Gasteiger partial charge < -0.3 is 5.11 Å². The molecule has 0 aliphatic heterocycles. The van der Waals surface area contributed by atoms with E-state index in [9.17, 15) is 9.59 Å². The summed E-state index contributed by atoms with van der Waals surface area (Å²) >= 11 is 2.84. The van der Waals surface area contributed by atoms with Gasteiger partial charge in [0.2, 0.25) is 0 Å². The molecule has 0 aliphatic rings. The second kappa shape index (κ2) is 7.48. The minimum absolute atomic E-state index is 0.0219. The van der Waals surface area contributed by atoms with Crippen LogP contribution in [-0.2, 0) is 0 Å². The molecule has 3 rings (SSSR count). The molecular weight excluding hydrogens is 330 g/mol. The molecule has 0 spiro atoms. The van der Waals surface area contributed by atoms with Crippen LogP contribution in [0.2, 0.25) is 0 Å². The maximum absolute atomic E-state index is 11.1. The third kappa shape index (κ3) is 4.24. The number of aromatic amines is 1. The number of nitrogens with one attached hydrogen (secondary N) is 1. The highest BCUT2D eigenvalue weighted by Crippen LogP contribution is 2.21. The fraction of sp³-hybridized carbons (Fsp3) is 0.176. The predicted octanol–water partition coefficient (Wildman–Crippen LogP) is 4.31. The van der Waals surface area contributed by atoms with Gasteiger partial charge >= 0.3 is 5.97 Å². The van der Waals surface area contributed by atoms with E-state index < -0.39 is 5.97 Å². The molecule has 6 heteroatoms. The van der Waals surface area contributed by atoms with Crippen molar-refractivity contribution in [3.05, 3.63) is 63.4 Å². The summed E-state index contributed by atoms with van der Waals surface area (Å²) in [6.45, 7) is 3.87. The molecule has 0 saturated heterocycles. The molecule has 2 N–H and O–H groups in total. The van der Waals surface area contributed by atoms with E-state index >= 15 is 0 Å². The highest BCUT2D eigenvalue weighted by Gasteiger charge is 2.08. The lowest BCUT2D eigenvalue weighted by atomic mass is 10.1. The monoisotopic (exact) mass is 347 g/mol. The zero-order chi connectivity index (χ0) is 17.0. The zero-order valence-electron chi connectivity index (χ0n) is 13.0. The first-order chi connectivity index (χ1) is 10.9. The smallest absolute Gasteiger partial charge is 0.336 e. The number of hydrogen-bond acceptors (Lipinski definition) is 4. The summed E-state index contributed by atoms with van der Waals surface area (Å²) in [5, 5.41) is 9.61. The number of thioether (sulfide) groups is 1. The molecule has 0 radical (unpaired) electrons. The maximum atomic E-state index is 11.1. The molecule has 0 saturated carbocycles. The van der Waals surface area contributed by atoms with E-state index in [-0.39, 0.29) is 5.56 Å². The number of rotatable bonds is 2. The maximum Gasteiger partial charge on any atom is 0.336 e. The molecule has 1 aromatic heterocycles. The van der Waals surface area contributed by atoms with Gasteiger partial charge in [-0.1, -0.05) is 34.8 Å². The van der Waals surface area contributed by atoms with Crippen LogP contribution in [0.3, 0.4) is 0 Å². The minimum Gasteiger partial charge on any atom is -0.478 e. The standard InChI is InChI=1S/C9H10O2S.C8H7NOS/c1-6-3-4-8(12-2)7(5-6)9(10)11;1-5-2-3-7-6(4-5)8(10)9-11-7/h3-5H,1-2H3,(H,10,11);2-4H,1H3,(H,9,10). The Bertz CT molecular complexity index is 896. The van der Waals surface area contributed by atoms with Gasteiger partial charge in [0.15, 0.2) is 0 Å². The lowest BCUT2D eigenvalue weighted by molar-refractivity contribution is 0.0693. The fourth-order valence-electron chi connectivity index (χ4n) is 2.06. The zero-order valence-corrected chi connectivity index (χ0v) is 14.7. The first kappa shape index (κ1) is 17.3. The normalized spacial score (nSPS) is 10.2. The second-order valence-corrected chi connectivity index (χ2v) is 6.74. The topological polar surface area (TPSA) is 70.2 Å². The van der Waals surface area contributed by atoms with Gasteiger partial charge in [0.1, 0.15) is 0 Å². The fourth-order valence-corrected chi connectivity index (χ4v) is 3.34. The summed E-state index contributed by atoms with van der Waals surface area (Å²) < 4.78 is 3.72. The highest BCUT2D eigenvalue weighted by atomic mass is 32.2. The lowest BCUT2D eigenvalue weighted by Crippen LogP contribution is -1.98. The molecule has 0 fully saturated rings. The van der Waals surface area contributed by atoms with E-state index in [1.807, 2.05) is 50.4 Å².